The number of hydrogen-bond donors (Lipinski definition) is 0. The lowest BCUT2D eigenvalue weighted by atomic mass is 9.50. The van der Waals surface area contributed by atoms with Crippen molar-refractivity contribution in [3.8, 4) is 67.7 Å². The van der Waals surface area contributed by atoms with Gasteiger partial charge in [-0.15, -0.1) is 0 Å². The Labute approximate surface area is 414 Å². The minimum Gasteiger partial charge on any atom is -0.551 e. The molecule has 14 aromatic rings. The summed E-state index contributed by atoms with van der Waals surface area (Å²) in [4.78, 5) is 0. The van der Waals surface area contributed by atoms with Crippen molar-refractivity contribution in [1.29, 1.82) is 0 Å². The maximum absolute atomic E-state index is 7.40. The van der Waals surface area contributed by atoms with Gasteiger partial charge in [-0.05, 0) is 83.4 Å². The fourth-order valence-electron chi connectivity index (χ4n) is 12.2. The van der Waals surface area contributed by atoms with E-state index in [9.17, 15) is 0 Å². The summed E-state index contributed by atoms with van der Waals surface area (Å²) in [5.41, 5.74) is 18.8. The molecule has 3 aromatic heterocycles. The van der Waals surface area contributed by atoms with E-state index in [1.807, 2.05) is 0 Å². The molecule has 0 radical (unpaired) electrons. The van der Waals surface area contributed by atoms with E-state index < -0.39 is 6.92 Å². The minimum atomic E-state index is -0.414. The summed E-state index contributed by atoms with van der Waals surface area (Å²) in [5, 5.41) is 7.36. The first-order chi connectivity index (χ1) is 35.7. The van der Waals surface area contributed by atoms with Gasteiger partial charge in [-0.3, -0.25) is 0 Å². The van der Waals surface area contributed by atoms with Crippen LogP contribution in [0.3, 0.4) is 0 Å². The Morgan fingerprint density at radius 3 is 1.18 bits per heavy atom. The molecule has 2 aliphatic rings. The van der Waals surface area contributed by atoms with Crippen LogP contribution in [0.25, 0.3) is 116 Å². The standard InChI is InChI=1S/C66H40BN3O2/c1-9-25-55(69-59-29-13-5-21-48(59)49-22-6-14-30-60(49)69)44(17-1)41-33-35-52-53-39-43(68-57-27-11-3-19-46(57)47-20-4-12-28-58(47)68)40-65-66(53)67(72-63(52)37-41)54-36-34-42(38-64(54)71-65)45-18-2-10-26-56(45)70-61-31-15-7-23-50(61)51-24-8-16-32-62(51)70/h1-40H. The van der Waals surface area contributed by atoms with Crippen LogP contribution in [0.2, 0.25) is 0 Å². The number of para-hydroxylation sites is 8. The Hall–Kier alpha value is -9.52. The molecule has 0 saturated carbocycles. The molecular weight excluding hydrogens is 878 g/mol. The zero-order chi connectivity index (χ0) is 47.0. The maximum atomic E-state index is 7.40. The van der Waals surface area contributed by atoms with E-state index >= 15 is 0 Å². The van der Waals surface area contributed by atoms with E-state index in [0.29, 0.717) is 0 Å². The lowest BCUT2D eigenvalue weighted by Crippen LogP contribution is -2.53. The third kappa shape index (κ3) is 5.54. The van der Waals surface area contributed by atoms with E-state index in [-0.39, 0.29) is 0 Å². The highest BCUT2D eigenvalue weighted by molar-refractivity contribution is 6.84. The molecule has 11 aromatic carbocycles. The molecule has 5 heterocycles. The predicted molar refractivity (Wildman–Crippen MR) is 298 cm³/mol. The number of ether oxygens (including phenoxy) is 1. The Morgan fingerprint density at radius 1 is 0.292 bits per heavy atom. The molecule has 0 spiro atoms. The third-order valence-corrected chi connectivity index (χ3v) is 15.3. The van der Waals surface area contributed by atoms with Crippen molar-refractivity contribution >= 4 is 83.3 Å². The van der Waals surface area contributed by atoms with Gasteiger partial charge in [-0.25, -0.2) is 0 Å². The number of hydrogen-bond acceptors (Lipinski definition) is 2. The number of aromatic nitrogens is 3. The van der Waals surface area contributed by atoms with Crippen molar-refractivity contribution in [3.63, 3.8) is 0 Å². The van der Waals surface area contributed by atoms with Gasteiger partial charge in [0.1, 0.15) is 17.2 Å². The fourth-order valence-corrected chi connectivity index (χ4v) is 12.2. The van der Waals surface area contributed by atoms with Gasteiger partial charge in [0, 0.05) is 66.0 Å². The van der Waals surface area contributed by atoms with Gasteiger partial charge in [0.2, 0.25) is 0 Å². The summed E-state index contributed by atoms with van der Waals surface area (Å²) in [6.45, 7) is -0.414. The van der Waals surface area contributed by atoms with Gasteiger partial charge >= 0.3 is 6.92 Å². The Kier molecular flexibility index (Phi) is 8.19. The molecule has 0 aliphatic carbocycles. The summed E-state index contributed by atoms with van der Waals surface area (Å²) >= 11 is 0. The van der Waals surface area contributed by atoms with Crippen LogP contribution in [0.4, 0.5) is 0 Å². The normalized spacial score (nSPS) is 12.6. The number of nitrogens with zero attached hydrogens (tertiary/aromatic N) is 3. The lowest BCUT2D eigenvalue weighted by Gasteiger charge is -2.34. The van der Waals surface area contributed by atoms with Crippen LogP contribution in [0.15, 0.2) is 243 Å². The van der Waals surface area contributed by atoms with Crippen molar-refractivity contribution < 1.29 is 9.39 Å². The third-order valence-electron chi connectivity index (χ3n) is 15.3. The van der Waals surface area contributed by atoms with Crippen LogP contribution in [-0.2, 0) is 0 Å². The molecule has 0 saturated heterocycles. The Morgan fingerprint density at radius 2 is 0.694 bits per heavy atom. The van der Waals surface area contributed by atoms with E-state index in [1.54, 1.807) is 0 Å². The molecule has 0 fully saturated rings. The molecule has 0 amide bonds. The Bertz CT molecular complexity index is 4450. The van der Waals surface area contributed by atoms with Crippen LogP contribution in [-0.4, -0.2) is 20.6 Å². The molecular formula is C66H40BN3O2. The van der Waals surface area contributed by atoms with Crippen LogP contribution < -0.4 is 20.3 Å². The van der Waals surface area contributed by atoms with Gasteiger partial charge in [0.25, 0.3) is 0 Å². The molecule has 6 heteroatoms. The predicted octanol–water partition coefficient (Wildman–Crippen LogP) is 15.6. The summed E-state index contributed by atoms with van der Waals surface area (Å²) in [6.07, 6.45) is 0. The fraction of sp³-hybridized carbons (Fsp3) is 0. The molecule has 16 rings (SSSR count). The average molecular weight is 918 g/mol. The highest BCUT2D eigenvalue weighted by Crippen LogP contribution is 2.46. The highest BCUT2D eigenvalue weighted by Gasteiger charge is 2.42. The summed E-state index contributed by atoms with van der Waals surface area (Å²) in [5.74, 6) is 2.41. The van der Waals surface area contributed by atoms with E-state index in [1.165, 1.54) is 54.4 Å². The second kappa shape index (κ2) is 15.0. The van der Waals surface area contributed by atoms with Crippen molar-refractivity contribution in [2.24, 2.45) is 0 Å². The SMILES string of the molecule is c1ccc(-n2c3ccccc3c3ccccc32)c(-c2ccc3c(c2)Oc2cc(-n4c5ccccc5c5ccccc54)cc4c2B3Oc2cc(-c3ccccc3-n3c5ccccc5c5ccccc53)ccc2-4)c1. The molecule has 0 N–H and O–H groups in total. The first kappa shape index (κ1) is 39.3. The average Bonchev–Trinajstić information content (AvgIpc) is 4.09. The Balaban J connectivity index is 0.895. The van der Waals surface area contributed by atoms with E-state index in [0.717, 1.165) is 89.7 Å². The van der Waals surface area contributed by atoms with Crippen molar-refractivity contribution in [3.05, 3.63) is 243 Å². The van der Waals surface area contributed by atoms with E-state index in [4.69, 9.17) is 9.39 Å². The molecule has 0 atom stereocenters. The quantitative estimate of drug-likeness (QED) is 0.161. The molecule has 0 unspecified atom stereocenters. The van der Waals surface area contributed by atoms with Crippen LogP contribution in [0.5, 0.6) is 17.2 Å². The number of fused-ring (bicyclic) bond motifs is 13. The number of rotatable bonds is 5. The largest absolute Gasteiger partial charge is 0.551 e. The zero-order valence-electron chi connectivity index (χ0n) is 38.8. The van der Waals surface area contributed by atoms with Crippen molar-refractivity contribution in [2.45, 2.75) is 0 Å². The van der Waals surface area contributed by atoms with Gasteiger partial charge in [-0.2, -0.15) is 0 Å². The smallest absolute Gasteiger partial charge is 0.434 e. The van der Waals surface area contributed by atoms with Crippen molar-refractivity contribution in [1.82, 2.24) is 13.7 Å². The second-order valence-corrected chi connectivity index (χ2v) is 19.1. The van der Waals surface area contributed by atoms with Gasteiger partial charge in [0.15, 0.2) is 0 Å². The van der Waals surface area contributed by atoms with Crippen LogP contribution >= 0.6 is 0 Å². The monoisotopic (exact) mass is 917 g/mol. The summed E-state index contributed by atoms with van der Waals surface area (Å²) in [7, 11) is 0. The lowest BCUT2D eigenvalue weighted by molar-refractivity contribution is 0.479. The highest BCUT2D eigenvalue weighted by atomic mass is 16.5. The molecule has 0 bridgehead atoms. The topological polar surface area (TPSA) is 33.2 Å². The van der Waals surface area contributed by atoms with Crippen LogP contribution in [0, 0.1) is 0 Å². The molecule has 72 heavy (non-hydrogen) atoms. The van der Waals surface area contributed by atoms with Gasteiger partial charge < -0.3 is 23.1 Å². The molecule has 2 aliphatic heterocycles. The first-order valence-corrected chi connectivity index (χ1v) is 24.7. The van der Waals surface area contributed by atoms with E-state index in [2.05, 4.69) is 256 Å². The first-order valence-electron chi connectivity index (χ1n) is 24.7. The second-order valence-electron chi connectivity index (χ2n) is 19.1. The minimum absolute atomic E-state index is 0.414. The van der Waals surface area contributed by atoms with Crippen molar-refractivity contribution in [2.75, 3.05) is 0 Å². The summed E-state index contributed by atoms with van der Waals surface area (Å²) < 4.78 is 21.8. The zero-order valence-corrected chi connectivity index (χ0v) is 38.8. The van der Waals surface area contributed by atoms with Gasteiger partial charge in [0.05, 0.1) is 50.2 Å². The number of benzene rings is 11. The summed E-state index contributed by atoms with van der Waals surface area (Å²) in [6, 6.07) is 87.7. The molecule has 5 nitrogen and oxygen atoms in total. The van der Waals surface area contributed by atoms with Crippen LogP contribution in [0.1, 0.15) is 0 Å². The molecule has 334 valence electrons. The van der Waals surface area contributed by atoms with Gasteiger partial charge in [-0.1, -0.05) is 170 Å². The maximum Gasteiger partial charge on any atom is 0.434 e.